The number of allylic oxidation sites excluding steroid dienone is 1. The number of aromatic hydroxyl groups is 1. The normalized spacial score (nSPS) is 16.3. The summed E-state index contributed by atoms with van der Waals surface area (Å²) < 4.78 is 13.7. The Balaban J connectivity index is 0.00000220. The monoisotopic (exact) mass is 350 g/mol. The van der Waals surface area contributed by atoms with E-state index in [1.807, 2.05) is 13.0 Å². The van der Waals surface area contributed by atoms with Crippen LogP contribution in [0.15, 0.2) is 24.8 Å². The molecule has 126 valence electrons. The molecule has 0 amide bonds. The fourth-order valence-electron chi connectivity index (χ4n) is 2.88. The molecule has 1 aromatic rings. The molecule has 6 heteroatoms. The summed E-state index contributed by atoms with van der Waals surface area (Å²) in [7, 11) is 0. The number of halogens is 3. The number of aryl methyl sites for hydroxylation is 1. The predicted molar refractivity (Wildman–Crippen MR) is 93.9 cm³/mol. The standard InChI is InChI=1S/C16H23FN2O.2ClH/c1-3-4-5-14(19-10-8-18-9-11-19)15-12(2)6-7-13(17)16(15)20;;/h3,6-7,14,18,20H,1,4-5,8-11H2,2H3;2*1H/t14-;;/m0../s1. The molecule has 2 rings (SSSR count). The van der Waals surface area contributed by atoms with Crippen LogP contribution in [0, 0.1) is 12.7 Å². The summed E-state index contributed by atoms with van der Waals surface area (Å²) in [6, 6.07) is 3.12. The molecule has 0 bridgehead atoms. The fraction of sp³-hybridized carbons (Fsp3) is 0.500. The molecule has 1 fully saturated rings. The van der Waals surface area contributed by atoms with Gasteiger partial charge in [-0.25, -0.2) is 4.39 Å². The maximum Gasteiger partial charge on any atom is 0.165 e. The van der Waals surface area contributed by atoms with E-state index in [1.165, 1.54) is 6.07 Å². The smallest absolute Gasteiger partial charge is 0.165 e. The summed E-state index contributed by atoms with van der Waals surface area (Å²) in [5.74, 6) is -0.734. The van der Waals surface area contributed by atoms with E-state index in [4.69, 9.17) is 0 Å². The lowest BCUT2D eigenvalue weighted by atomic mass is 9.94. The van der Waals surface area contributed by atoms with Crippen LogP contribution in [-0.4, -0.2) is 36.2 Å². The molecule has 3 nitrogen and oxygen atoms in total. The van der Waals surface area contributed by atoms with Crippen LogP contribution in [0.5, 0.6) is 5.75 Å². The van der Waals surface area contributed by atoms with Gasteiger partial charge in [-0.15, -0.1) is 31.4 Å². The number of nitrogens with one attached hydrogen (secondary N) is 1. The van der Waals surface area contributed by atoms with E-state index in [0.29, 0.717) is 0 Å². The van der Waals surface area contributed by atoms with E-state index in [2.05, 4.69) is 16.8 Å². The van der Waals surface area contributed by atoms with Crippen molar-refractivity contribution in [2.45, 2.75) is 25.8 Å². The van der Waals surface area contributed by atoms with E-state index in [9.17, 15) is 9.50 Å². The van der Waals surface area contributed by atoms with Gasteiger partial charge in [0.15, 0.2) is 11.6 Å². The Labute approximate surface area is 144 Å². The Morgan fingerprint density at radius 1 is 1.36 bits per heavy atom. The van der Waals surface area contributed by atoms with E-state index < -0.39 is 5.82 Å². The Morgan fingerprint density at radius 2 is 2.00 bits per heavy atom. The van der Waals surface area contributed by atoms with Gasteiger partial charge in [0.25, 0.3) is 0 Å². The highest BCUT2D eigenvalue weighted by molar-refractivity contribution is 5.85. The van der Waals surface area contributed by atoms with Gasteiger partial charge in [-0.05, 0) is 31.4 Å². The van der Waals surface area contributed by atoms with Crippen LogP contribution in [-0.2, 0) is 0 Å². The molecule has 0 radical (unpaired) electrons. The molecule has 0 saturated carbocycles. The van der Waals surface area contributed by atoms with Crippen LogP contribution < -0.4 is 5.32 Å². The average Bonchev–Trinajstić information content (AvgIpc) is 2.47. The van der Waals surface area contributed by atoms with E-state index in [0.717, 1.165) is 50.1 Å². The van der Waals surface area contributed by atoms with Gasteiger partial charge in [-0.1, -0.05) is 12.1 Å². The molecule has 1 atom stereocenters. The summed E-state index contributed by atoms with van der Waals surface area (Å²) in [6.07, 6.45) is 3.58. The highest BCUT2D eigenvalue weighted by Crippen LogP contribution is 2.36. The Bertz CT molecular complexity index is 479. The van der Waals surface area contributed by atoms with Gasteiger partial charge in [-0.2, -0.15) is 0 Å². The van der Waals surface area contributed by atoms with Crippen molar-refractivity contribution in [2.24, 2.45) is 0 Å². The minimum atomic E-state index is -0.538. The van der Waals surface area contributed by atoms with Crippen LogP contribution in [0.4, 0.5) is 4.39 Å². The summed E-state index contributed by atoms with van der Waals surface area (Å²) >= 11 is 0. The molecule has 0 spiro atoms. The highest BCUT2D eigenvalue weighted by Gasteiger charge is 2.26. The Morgan fingerprint density at radius 3 is 2.59 bits per heavy atom. The van der Waals surface area contributed by atoms with Crippen molar-refractivity contribution in [3.8, 4) is 5.75 Å². The lowest BCUT2D eigenvalue weighted by Gasteiger charge is -2.36. The van der Waals surface area contributed by atoms with E-state index in [1.54, 1.807) is 6.07 Å². The minimum absolute atomic E-state index is 0. The first kappa shape index (κ1) is 21.2. The largest absolute Gasteiger partial charge is 0.505 e. The van der Waals surface area contributed by atoms with Gasteiger partial charge < -0.3 is 10.4 Å². The van der Waals surface area contributed by atoms with Crippen LogP contribution in [0.2, 0.25) is 0 Å². The number of phenols is 1. The van der Waals surface area contributed by atoms with Crippen molar-refractivity contribution in [1.82, 2.24) is 10.2 Å². The molecular weight excluding hydrogens is 326 g/mol. The molecule has 1 heterocycles. The summed E-state index contributed by atoms with van der Waals surface area (Å²) in [5, 5.41) is 13.5. The zero-order valence-electron chi connectivity index (χ0n) is 12.8. The number of phenolic OH excluding ortho intramolecular Hbond substituents is 1. The Kier molecular flexibility index (Phi) is 9.69. The first-order chi connectivity index (χ1) is 9.65. The van der Waals surface area contributed by atoms with Crippen molar-refractivity contribution in [1.29, 1.82) is 0 Å². The van der Waals surface area contributed by atoms with Gasteiger partial charge in [0.05, 0.1) is 0 Å². The van der Waals surface area contributed by atoms with Crippen molar-refractivity contribution < 1.29 is 9.50 Å². The molecule has 1 saturated heterocycles. The van der Waals surface area contributed by atoms with Crippen molar-refractivity contribution in [2.75, 3.05) is 26.2 Å². The topological polar surface area (TPSA) is 35.5 Å². The number of nitrogens with zero attached hydrogens (tertiary/aromatic N) is 1. The van der Waals surface area contributed by atoms with Gasteiger partial charge in [0, 0.05) is 37.8 Å². The molecule has 1 aliphatic heterocycles. The Hall–Kier alpha value is -0.810. The van der Waals surface area contributed by atoms with Gasteiger partial charge in [-0.3, -0.25) is 4.90 Å². The quantitative estimate of drug-likeness (QED) is 0.796. The first-order valence-electron chi connectivity index (χ1n) is 7.18. The average molecular weight is 351 g/mol. The summed E-state index contributed by atoms with van der Waals surface area (Å²) in [5.41, 5.74) is 1.67. The van der Waals surface area contributed by atoms with Gasteiger partial charge >= 0.3 is 0 Å². The molecule has 0 aliphatic carbocycles. The van der Waals surface area contributed by atoms with Gasteiger partial charge in [0.1, 0.15) is 0 Å². The van der Waals surface area contributed by atoms with Crippen LogP contribution in [0.3, 0.4) is 0 Å². The molecule has 22 heavy (non-hydrogen) atoms. The molecule has 2 N–H and O–H groups in total. The third-order valence-electron chi connectivity index (χ3n) is 3.96. The van der Waals surface area contributed by atoms with E-state index >= 15 is 0 Å². The summed E-state index contributed by atoms with van der Waals surface area (Å²) in [4.78, 5) is 2.32. The molecule has 1 aliphatic rings. The fourth-order valence-corrected chi connectivity index (χ4v) is 2.88. The SMILES string of the molecule is C=CCC[C@@H](c1c(C)ccc(F)c1O)N1CCNCC1.Cl.Cl. The minimum Gasteiger partial charge on any atom is -0.505 e. The van der Waals surface area contributed by atoms with Gasteiger partial charge in [0.2, 0.25) is 0 Å². The van der Waals surface area contributed by atoms with Crippen molar-refractivity contribution in [3.05, 3.63) is 41.7 Å². The van der Waals surface area contributed by atoms with Crippen LogP contribution in [0.1, 0.15) is 30.0 Å². The highest BCUT2D eigenvalue weighted by atomic mass is 35.5. The third kappa shape index (κ3) is 4.85. The van der Waals surface area contributed by atoms with E-state index in [-0.39, 0.29) is 36.6 Å². The number of hydrogen-bond acceptors (Lipinski definition) is 3. The summed E-state index contributed by atoms with van der Waals surface area (Å²) in [6.45, 7) is 9.38. The zero-order valence-corrected chi connectivity index (χ0v) is 14.5. The number of hydrogen-bond donors (Lipinski definition) is 2. The zero-order chi connectivity index (χ0) is 14.5. The lowest BCUT2D eigenvalue weighted by Crippen LogP contribution is -2.45. The molecular formula is C16H25Cl2FN2O. The van der Waals surface area contributed by atoms with Crippen molar-refractivity contribution in [3.63, 3.8) is 0 Å². The molecule has 1 aromatic carbocycles. The first-order valence-corrected chi connectivity index (χ1v) is 7.18. The number of rotatable bonds is 5. The molecule has 0 unspecified atom stereocenters. The third-order valence-corrected chi connectivity index (χ3v) is 3.96. The number of benzene rings is 1. The van der Waals surface area contributed by atoms with Crippen LogP contribution in [0.25, 0.3) is 0 Å². The van der Waals surface area contributed by atoms with Crippen molar-refractivity contribution >= 4 is 24.8 Å². The maximum atomic E-state index is 13.7. The maximum absolute atomic E-state index is 13.7. The predicted octanol–water partition coefficient (Wildman–Crippen LogP) is 3.60. The lowest BCUT2D eigenvalue weighted by molar-refractivity contribution is 0.162. The second-order valence-electron chi connectivity index (χ2n) is 5.29. The number of piperazine rings is 1. The second kappa shape index (κ2) is 10.1. The molecule has 0 aromatic heterocycles. The second-order valence-corrected chi connectivity index (χ2v) is 5.29. The van der Waals surface area contributed by atoms with Crippen LogP contribution >= 0.6 is 24.8 Å².